The summed E-state index contributed by atoms with van der Waals surface area (Å²) in [4.78, 5) is 9.31. The van der Waals surface area contributed by atoms with E-state index in [2.05, 4.69) is 34.0 Å². The van der Waals surface area contributed by atoms with E-state index in [1.807, 2.05) is 7.05 Å². The first kappa shape index (κ1) is 20.9. The van der Waals surface area contributed by atoms with Gasteiger partial charge in [0.1, 0.15) is 0 Å². The normalized spacial score (nSPS) is 27.7. The van der Waals surface area contributed by atoms with E-state index >= 15 is 0 Å². The van der Waals surface area contributed by atoms with Gasteiger partial charge in [-0.1, -0.05) is 0 Å². The molecule has 0 bridgehead atoms. The molecule has 0 aromatic heterocycles. The Morgan fingerprint density at radius 1 is 1.43 bits per heavy atom. The standard InChI is InChI=1S/C16H32N4O2.HI/c1-13(20-7-8-22-11-14(20)2)9-18-16(17-3)19-6-5-15(10-19)12-21-4;/h13-15H,5-12H2,1-4H3,(H,17,18);1H. The average molecular weight is 440 g/mol. The summed E-state index contributed by atoms with van der Waals surface area (Å²) in [6.07, 6.45) is 1.19. The number of guanidine groups is 1. The number of likely N-dealkylation sites (tertiary alicyclic amines) is 1. The zero-order valence-electron chi connectivity index (χ0n) is 15.0. The van der Waals surface area contributed by atoms with Crippen molar-refractivity contribution in [2.24, 2.45) is 10.9 Å². The van der Waals surface area contributed by atoms with Gasteiger partial charge in [-0.2, -0.15) is 0 Å². The van der Waals surface area contributed by atoms with Crippen LogP contribution < -0.4 is 5.32 Å². The first-order chi connectivity index (χ1) is 10.7. The van der Waals surface area contributed by atoms with Crippen LogP contribution in [-0.2, 0) is 9.47 Å². The van der Waals surface area contributed by atoms with Gasteiger partial charge in [-0.3, -0.25) is 9.89 Å². The third-order valence-electron chi connectivity index (χ3n) is 4.74. The van der Waals surface area contributed by atoms with E-state index in [0.29, 0.717) is 18.0 Å². The molecule has 2 aliphatic heterocycles. The summed E-state index contributed by atoms with van der Waals surface area (Å²) in [5.74, 6) is 1.65. The van der Waals surface area contributed by atoms with Crippen molar-refractivity contribution in [2.45, 2.75) is 32.4 Å². The van der Waals surface area contributed by atoms with Gasteiger partial charge in [-0.15, -0.1) is 24.0 Å². The van der Waals surface area contributed by atoms with Crippen molar-refractivity contribution >= 4 is 29.9 Å². The van der Waals surface area contributed by atoms with Crippen LogP contribution in [0.2, 0.25) is 0 Å². The Kier molecular flexibility index (Phi) is 9.72. The Balaban J connectivity index is 0.00000264. The monoisotopic (exact) mass is 440 g/mol. The molecule has 2 rings (SSSR count). The first-order valence-corrected chi connectivity index (χ1v) is 8.43. The van der Waals surface area contributed by atoms with E-state index in [0.717, 1.165) is 52.0 Å². The summed E-state index contributed by atoms with van der Waals surface area (Å²) in [6, 6.07) is 0.971. The van der Waals surface area contributed by atoms with Crippen molar-refractivity contribution in [2.75, 3.05) is 60.2 Å². The molecule has 0 aromatic carbocycles. The highest BCUT2D eigenvalue weighted by Gasteiger charge is 2.27. The van der Waals surface area contributed by atoms with Gasteiger partial charge in [0, 0.05) is 58.3 Å². The van der Waals surface area contributed by atoms with Crippen LogP contribution in [0, 0.1) is 5.92 Å². The third-order valence-corrected chi connectivity index (χ3v) is 4.74. The summed E-state index contributed by atoms with van der Waals surface area (Å²) in [5, 5.41) is 3.54. The van der Waals surface area contributed by atoms with Crippen molar-refractivity contribution in [3.63, 3.8) is 0 Å². The fourth-order valence-electron chi connectivity index (χ4n) is 3.48. The van der Waals surface area contributed by atoms with Crippen LogP contribution in [0.25, 0.3) is 0 Å². The molecule has 2 heterocycles. The van der Waals surface area contributed by atoms with E-state index < -0.39 is 0 Å². The molecule has 2 aliphatic rings. The number of hydrogen-bond donors (Lipinski definition) is 1. The summed E-state index contributed by atoms with van der Waals surface area (Å²) in [7, 11) is 3.65. The van der Waals surface area contributed by atoms with Gasteiger partial charge < -0.3 is 19.7 Å². The van der Waals surface area contributed by atoms with Crippen LogP contribution in [-0.4, -0.2) is 88.0 Å². The smallest absolute Gasteiger partial charge is 0.193 e. The number of rotatable bonds is 5. The zero-order valence-corrected chi connectivity index (χ0v) is 17.3. The molecule has 3 unspecified atom stereocenters. The molecule has 0 saturated carbocycles. The number of nitrogens with one attached hydrogen (secondary N) is 1. The maximum absolute atomic E-state index is 5.52. The lowest BCUT2D eigenvalue weighted by Crippen LogP contribution is -2.53. The molecule has 7 heteroatoms. The van der Waals surface area contributed by atoms with E-state index in [1.54, 1.807) is 7.11 Å². The number of morpholine rings is 1. The molecule has 2 saturated heterocycles. The highest BCUT2D eigenvalue weighted by atomic mass is 127. The SMILES string of the molecule is CN=C(NCC(C)N1CCOCC1C)N1CCC(COC)C1.I. The number of methoxy groups -OCH3 is 1. The molecule has 6 nitrogen and oxygen atoms in total. The highest BCUT2D eigenvalue weighted by Crippen LogP contribution is 2.16. The second kappa shape index (κ2) is 10.7. The van der Waals surface area contributed by atoms with E-state index in [4.69, 9.17) is 9.47 Å². The van der Waals surface area contributed by atoms with Crippen LogP contribution in [0.1, 0.15) is 20.3 Å². The largest absolute Gasteiger partial charge is 0.384 e. The van der Waals surface area contributed by atoms with E-state index in [1.165, 1.54) is 6.42 Å². The Bertz CT molecular complexity index is 370. The van der Waals surface area contributed by atoms with Gasteiger partial charge in [-0.25, -0.2) is 0 Å². The van der Waals surface area contributed by atoms with Crippen LogP contribution in [0.4, 0.5) is 0 Å². The van der Waals surface area contributed by atoms with Gasteiger partial charge >= 0.3 is 0 Å². The molecule has 0 aromatic rings. The lowest BCUT2D eigenvalue weighted by atomic mass is 10.1. The fourth-order valence-corrected chi connectivity index (χ4v) is 3.48. The lowest BCUT2D eigenvalue weighted by Gasteiger charge is -2.38. The molecular formula is C16H33IN4O2. The molecule has 0 amide bonds. The molecule has 1 N–H and O–H groups in total. The van der Waals surface area contributed by atoms with Crippen LogP contribution in [0.5, 0.6) is 0 Å². The Labute approximate surface area is 158 Å². The van der Waals surface area contributed by atoms with Gasteiger partial charge in [0.25, 0.3) is 0 Å². The lowest BCUT2D eigenvalue weighted by molar-refractivity contribution is -0.0175. The zero-order chi connectivity index (χ0) is 15.9. The molecule has 2 fully saturated rings. The fraction of sp³-hybridized carbons (Fsp3) is 0.938. The van der Waals surface area contributed by atoms with Crippen LogP contribution >= 0.6 is 24.0 Å². The second-order valence-electron chi connectivity index (χ2n) is 6.49. The number of aliphatic imine (C=N–C) groups is 1. The molecule has 0 spiro atoms. The van der Waals surface area contributed by atoms with E-state index in [9.17, 15) is 0 Å². The van der Waals surface area contributed by atoms with Gasteiger partial charge in [-0.05, 0) is 20.3 Å². The number of nitrogens with zero attached hydrogens (tertiary/aromatic N) is 3. The maximum Gasteiger partial charge on any atom is 0.193 e. The molecule has 23 heavy (non-hydrogen) atoms. The first-order valence-electron chi connectivity index (χ1n) is 8.43. The summed E-state index contributed by atoms with van der Waals surface area (Å²) in [6.45, 7) is 11.1. The second-order valence-corrected chi connectivity index (χ2v) is 6.49. The van der Waals surface area contributed by atoms with Crippen molar-refractivity contribution in [3.8, 4) is 0 Å². The van der Waals surface area contributed by atoms with Crippen molar-refractivity contribution < 1.29 is 9.47 Å². The minimum absolute atomic E-state index is 0. The van der Waals surface area contributed by atoms with Crippen LogP contribution in [0.3, 0.4) is 0 Å². The predicted molar refractivity (Wildman–Crippen MR) is 105 cm³/mol. The van der Waals surface area contributed by atoms with Gasteiger partial charge in [0.2, 0.25) is 0 Å². The summed E-state index contributed by atoms with van der Waals surface area (Å²) < 4.78 is 10.8. The maximum atomic E-state index is 5.52. The predicted octanol–water partition coefficient (Wildman–Crippen LogP) is 1.26. The average Bonchev–Trinajstić information content (AvgIpc) is 2.97. The molecule has 0 aliphatic carbocycles. The van der Waals surface area contributed by atoms with Crippen molar-refractivity contribution in [3.05, 3.63) is 0 Å². The van der Waals surface area contributed by atoms with Crippen molar-refractivity contribution in [1.29, 1.82) is 0 Å². The van der Waals surface area contributed by atoms with Gasteiger partial charge in [0.15, 0.2) is 5.96 Å². The minimum atomic E-state index is 0. The number of halogens is 1. The number of hydrogen-bond acceptors (Lipinski definition) is 4. The molecular weight excluding hydrogens is 407 g/mol. The Morgan fingerprint density at radius 2 is 2.22 bits per heavy atom. The third kappa shape index (κ3) is 6.03. The van der Waals surface area contributed by atoms with Crippen LogP contribution in [0.15, 0.2) is 4.99 Å². The Morgan fingerprint density at radius 3 is 2.87 bits per heavy atom. The summed E-state index contributed by atoms with van der Waals surface area (Å²) in [5.41, 5.74) is 0. The van der Waals surface area contributed by atoms with Crippen molar-refractivity contribution in [1.82, 2.24) is 15.1 Å². The Hall–Kier alpha value is -0.120. The van der Waals surface area contributed by atoms with E-state index in [-0.39, 0.29) is 24.0 Å². The van der Waals surface area contributed by atoms with Gasteiger partial charge in [0.05, 0.1) is 19.8 Å². The molecule has 136 valence electrons. The quantitative estimate of drug-likeness (QED) is 0.397. The molecule has 3 atom stereocenters. The topological polar surface area (TPSA) is 49.3 Å². The minimum Gasteiger partial charge on any atom is -0.384 e. The molecule has 0 radical (unpaired) electrons. The highest BCUT2D eigenvalue weighted by molar-refractivity contribution is 14.0. The number of ether oxygens (including phenoxy) is 2. The summed E-state index contributed by atoms with van der Waals surface area (Å²) >= 11 is 0.